The standard InChI is InChI=1S/C21H33N3O3S/c25-21(17-22-18-9-5-2-1-3-6-10-18)23-19-11-13-20(14-12-19)28(26,27)24-15-7-4-8-16-24/h11-14,18,22H,1-10,15-17H2,(H,23,25)/p+1. The Balaban J connectivity index is 1.50. The minimum atomic E-state index is -3.42. The van der Waals surface area contributed by atoms with Crippen molar-refractivity contribution in [2.75, 3.05) is 25.0 Å². The normalized spacial score (nSPS) is 20.3. The number of nitrogens with two attached hydrogens (primary N) is 1. The van der Waals surface area contributed by atoms with Gasteiger partial charge in [0.1, 0.15) is 0 Å². The van der Waals surface area contributed by atoms with Crippen LogP contribution in [0.3, 0.4) is 0 Å². The first-order valence-corrected chi connectivity index (χ1v) is 12.2. The summed E-state index contributed by atoms with van der Waals surface area (Å²) in [6, 6.07) is 7.11. The molecule has 1 aromatic rings. The van der Waals surface area contributed by atoms with E-state index in [1.54, 1.807) is 28.6 Å². The predicted molar refractivity (Wildman–Crippen MR) is 111 cm³/mol. The Morgan fingerprint density at radius 1 is 0.929 bits per heavy atom. The molecule has 7 heteroatoms. The molecule has 1 heterocycles. The van der Waals surface area contributed by atoms with Crippen molar-refractivity contribution in [2.24, 2.45) is 0 Å². The molecule has 156 valence electrons. The molecule has 1 saturated heterocycles. The molecule has 3 N–H and O–H groups in total. The summed E-state index contributed by atoms with van der Waals surface area (Å²) in [4.78, 5) is 12.6. The van der Waals surface area contributed by atoms with Crippen molar-refractivity contribution in [2.45, 2.75) is 75.1 Å². The first-order chi connectivity index (χ1) is 13.6. The van der Waals surface area contributed by atoms with Crippen molar-refractivity contribution < 1.29 is 18.5 Å². The van der Waals surface area contributed by atoms with E-state index in [1.165, 1.54) is 44.9 Å². The molecule has 1 aliphatic heterocycles. The van der Waals surface area contributed by atoms with Crippen molar-refractivity contribution in [3.05, 3.63) is 24.3 Å². The number of quaternary nitrogens is 1. The molecular weight excluding hydrogens is 374 g/mol. The highest BCUT2D eigenvalue weighted by Gasteiger charge is 2.25. The molecule has 0 atom stereocenters. The van der Waals surface area contributed by atoms with Gasteiger partial charge in [0.05, 0.1) is 10.9 Å². The van der Waals surface area contributed by atoms with E-state index in [4.69, 9.17) is 0 Å². The number of piperidine rings is 1. The highest BCUT2D eigenvalue weighted by atomic mass is 32.2. The number of carbonyl (C=O) groups excluding carboxylic acids is 1. The van der Waals surface area contributed by atoms with E-state index in [9.17, 15) is 13.2 Å². The van der Waals surface area contributed by atoms with Gasteiger partial charge >= 0.3 is 0 Å². The van der Waals surface area contributed by atoms with Crippen molar-refractivity contribution >= 4 is 21.6 Å². The van der Waals surface area contributed by atoms with Crippen LogP contribution in [0, 0.1) is 0 Å². The van der Waals surface area contributed by atoms with Crippen LogP contribution >= 0.6 is 0 Å². The zero-order valence-electron chi connectivity index (χ0n) is 16.7. The van der Waals surface area contributed by atoms with E-state index in [1.807, 2.05) is 0 Å². The number of sulfonamides is 1. The predicted octanol–water partition coefficient (Wildman–Crippen LogP) is 2.48. The summed E-state index contributed by atoms with van der Waals surface area (Å²) in [5, 5.41) is 5.05. The Morgan fingerprint density at radius 3 is 2.14 bits per heavy atom. The number of benzene rings is 1. The third-order valence-corrected chi connectivity index (χ3v) is 7.79. The van der Waals surface area contributed by atoms with Crippen molar-refractivity contribution in [3.63, 3.8) is 0 Å². The van der Waals surface area contributed by atoms with Gasteiger partial charge in [-0.15, -0.1) is 0 Å². The van der Waals surface area contributed by atoms with Crippen LogP contribution in [0.1, 0.15) is 64.2 Å². The Bertz CT molecular complexity index is 720. The van der Waals surface area contributed by atoms with Gasteiger partial charge in [0.25, 0.3) is 5.91 Å². The second-order valence-electron chi connectivity index (χ2n) is 8.08. The molecular formula is C21H34N3O3S+. The van der Waals surface area contributed by atoms with Crippen LogP contribution in [-0.2, 0) is 14.8 Å². The van der Waals surface area contributed by atoms with Gasteiger partial charge < -0.3 is 10.6 Å². The number of rotatable bonds is 6. The molecule has 0 aromatic heterocycles. The fourth-order valence-corrected chi connectivity index (χ4v) is 5.69. The maximum absolute atomic E-state index is 12.7. The third-order valence-electron chi connectivity index (χ3n) is 5.88. The SMILES string of the molecule is O=C(C[NH2+]C1CCCCCCC1)Nc1ccc(S(=O)(=O)N2CCCCC2)cc1. The molecule has 1 amide bonds. The van der Waals surface area contributed by atoms with E-state index in [2.05, 4.69) is 10.6 Å². The molecule has 2 fully saturated rings. The highest BCUT2D eigenvalue weighted by molar-refractivity contribution is 7.89. The molecule has 0 spiro atoms. The Hall–Kier alpha value is -1.44. The van der Waals surface area contributed by atoms with E-state index in [0.29, 0.717) is 36.3 Å². The maximum atomic E-state index is 12.7. The lowest BCUT2D eigenvalue weighted by atomic mass is 9.97. The monoisotopic (exact) mass is 408 g/mol. The van der Waals surface area contributed by atoms with Gasteiger partial charge in [-0.05, 0) is 62.8 Å². The molecule has 0 radical (unpaired) electrons. The quantitative estimate of drug-likeness (QED) is 0.758. The number of anilines is 1. The summed E-state index contributed by atoms with van der Waals surface area (Å²) in [6.45, 7) is 1.61. The minimum Gasteiger partial charge on any atom is -0.336 e. The highest BCUT2D eigenvalue weighted by Crippen LogP contribution is 2.22. The van der Waals surface area contributed by atoms with Gasteiger partial charge in [-0.3, -0.25) is 4.79 Å². The van der Waals surface area contributed by atoms with Crippen LogP contribution < -0.4 is 10.6 Å². The van der Waals surface area contributed by atoms with Gasteiger partial charge in [0, 0.05) is 18.8 Å². The van der Waals surface area contributed by atoms with Gasteiger partial charge in [0.2, 0.25) is 10.0 Å². The van der Waals surface area contributed by atoms with Gasteiger partial charge in [0.15, 0.2) is 6.54 Å². The number of carbonyl (C=O) groups is 1. The van der Waals surface area contributed by atoms with E-state index in [-0.39, 0.29) is 5.91 Å². The largest absolute Gasteiger partial charge is 0.336 e. The molecule has 0 bridgehead atoms. The average Bonchev–Trinajstić information content (AvgIpc) is 2.68. The van der Waals surface area contributed by atoms with Gasteiger partial charge in [-0.2, -0.15) is 4.31 Å². The number of nitrogens with one attached hydrogen (secondary N) is 1. The van der Waals surface area contributed by atoms with Crippen molar-refractivity contribution in [1.82, 2.24) is 4.31 Å². The molecule has 1 saturated carbocycles. The van der Waals surface area contributed by atoms with Crippen LogP contribution in [0.4, 0.5) is 5.69 Å². The summed E-state index contributed by atoms with van der Waals surface area (Å²) < 4.78 is 26.9. The van der Waals surface area contributed by atoms with Gasteiger partial charge in [-0.1, -0.05) is 25.7 Å². The summed E-state index contributed by atoms with van der Waals surface area (Å²) >= 11 is 0. The topological polar surface area (TPSA) is 83.1 Å². The second kappa shape index (κ2) is 10.4. The lowest BCUT2D eigenvalue weighted by Gasteiger charge is -2.25. The number of nitrogens with zero attached hydrogens (tertiary/aromatic N) is 1. The summed E-state index contributed by atoms with van der Waals surface area (Å²) in [6.07, 6.45) is 11.8. The lowest BCUT2D eigenvalue weighted by molar-refractivity contribution is -0.680. The van der Waals surface area contributed by atoms with Crippen LogP contribution in [0.25, 0.3) is 0 Å². The summed E-state index contributed by atoms with van der Waals surface area (Å²) in [5.74, 6) is -0.0336. The van der Waals surface area contributed by atoms with E-state index >= 15 is 0 Å². The number of hydrogen-bond acceptors (Lipinski definition) is 3. The molecule has 1 aromatic carbocycles. The van der Waals surface area contributed by atoms with Gasteiger partial charge in [-0.25, -0.2) is 8.42 Å². The Kier molecular flexibility index (Phi) is 7.88. The fraction of sp³-hybridized carbons (Fsp3) is 0.667. The first kappa shape index (κ1) is 21.3. The van der Waals surface area contributed by atoms with Crippen LogP contribution in [-0.4, -0.2) is 44.3 Å². The lowest BCUT2D eigenvalue weighted by Crippen LogP contribution is -2.91. The fourth-order valence-electron chi connectivity index (χ4n) is 4.17. The summed E-state index contributed by atoms with van der Waals surface area (Å²) in [5.41, 5.74) is 0.647. The van der Waals surface area contributed by atoms with E-state index < -0.39 is 10.0 Å². The third kappa shape index (κ3) is 6.03. The second-order valence-corrected chi connectivity index (χ2v) is 10.0. The van der Waals surface area contributed by atoms with E-state index in [0.717, 1.165) is 19.3 Å². The zero-order valence-corrected chi connectivity index (χ0v) is 17.6. The van der Waals surface area contributed by atoms with Crippen LogP contribution in [0.15, 0.2) is 29.2 Å². The van der Waals surface area contributed by atoms with Crippen LogP contribution in [0.5, 0.6) is 0 Å². The molecule has 28 heavy (non-hydrogen) atoms. The zero-order chi connectivity index (χ0) is 19.8. The van der Waals surface area contributed by atoms with Crippen LogP contribution in [0.2, 0.25) is 0 Å². The van der Waals surface area contributed by atoms with Crippen molar-refractivity contribution in [3.8, 4) is 0 Å². The Labute approximate surface area is 169 Å². The molecule has 6 nitrogen and oxygen atoms in total. The molecule has 0 unspecified atom stereocenters. The Morgan fingerprint density at radius 2 is 1.50 bits per heavy atom. The summed E-state index contributed by atoms with van der Waals surface area (Å²) in [7, 11) is -3.42. The smallest absolute Gasteiger partial charge is 0.279 e. The van der Waals surface area contributed by atoms with Crippen molar-refractivity contribution in [1.29, 1.82) is 0 Å². The molecule has 3 rings (SSSR count). The number of hydrogen-bond donors (Lipinski definition) is 2. The first-order valence-electron chi connectivity index (χ1n) is 10.8. The molecule has 2 aliphatic rings. The minimum absolute atomic E-state index is 0.0336. The maximum Gasteiger partial charge on any atom is 0.279 e. The number of amides is 1. The molecule has 1 aliphatic carbocycles. The average molecular weight is 409 g/mol.